The molecule has 8 heteroatoms. The molecule has 0 aliphatic heterocycles. The number of allylic oxidation sites excluding steroid dienone is 1. The third-order valence-electron chi connectivity index (χ3n) is 3.80. The number of Topliss-reactive ketones (excluding diaryl/α,β-unsaturated/α-hetero) is 1. The second-order valence-corrected chi connectivity index (χ2v) is 7.57. The summed E-state index contributed by atoms with van der Waals surface area (Å²) in [6.45, 7) is 3.52. The number of hydrogen-bond acceptors (Lipinski definition) is 6. The first-order valence-corrected chi connectivity index (χ1v) is 9.69. The Morgan fingerprint density at radius 2 is 2.00 bits per heavy atom. The summed E-state index contributed by atoms with van der Waals surface area (Å²) in [5.41, 5.74) is 1.09. The van der Waals surface area contributed by atoms with Crippen LogP contribution in [-0.4, -0.2) is 18.4 Å². The van der Waals surface area contributed by atoms with Crippen molar-refractivity contribution in [1.82, 2.24) is 0 Å². The van der Waals surface area contributed by atoms with Gasteiger partial charge in [0.2, 0.25) is 0 Å². The summed E-state index contributed by atoms with van der Waals surface area (Å²) in [5, 5.41) is 19.5. The van der Waals surface area contributed by atoms with Gasteiger partial charge in [-0.05, 0) is 43.2 Å². The quantitative estimate of drug-likeness (QED) is 0.358. The average molecular weight is 433 g/mol. The van der Waals surface area contributed by atoms with Crippen LogP contribution in [0, 0.1) is 29.6 Å². The molecule has 2 rings (SSSR count). The monoisotopic (exact) mass is 432 g/mol. The number of benzene rings is 1. The van der Waals surface area contributed by atoms with Gasteiger partial charge in [0, 0.05) is 21.3 Å². The van der Waals surface area contributed by atoms with Gasteiger partial charge >= 0.3 is 5.97 Å². The van der Waals surface area contributed by atoms with Gasteiger partial charge < -0.3 is 4.74 Å². The number of nitriles is 2. The predicted molar refractivity (Wildman–Crippen MR) is 108 cm³/mol. The highest BCUT2D eigenvalue weighted by Gasteiger charge is 2.23. The number of thiophene rings is 1. The maximum Gasteiger partial charge on any atom is 0.348 e. The van der Waals surface area contributed by atoms with Crippen molar-refractivity contribution in [2.75, 3.05) is 6.61 Å². The van der Waals surface area contributed by atoms with Crippen LogP contribution in [0.25, 0.3) is 6.08 Å². The van der Waals surface area contributed by atoms with E-state index in [9.17, 15) is 20.1 Å². The Morgan fingerprint density at radius 3 is 2.57 bits per heavy atom. The summed E-state index contributed by atoms with van der Waals surface area (Å²) in [6.07, 6.45) is 1.19. The highest BCUT2D eigenvalue weighted by molar-refractivity contribution is 7.14. The van der Waals surface area contributed by atoms with Crippen LogP contribution in [0.5, 0.6) is 0 Å². The van der Waals surface area contributed by atoms with E-state index in [0.29, 0.717) is 26.0 Å². The van der Waals surface area contributed by atoms with E-state index < -0.39 is 11.8 Å². The number of carbonyl (C=O) groups excluding carboxylic acids is 2. The molecule has 0 fully saturated rings. The predicted octanol–water partition coefficient (Wildman–Crippen LogP) is 5.13. The van der Waals surface area contributed by atoms with Crippen LogP contribution in [-0.2, 0) is 16.0 Å². The van der Waals surface area contributed by atoms with Gasteiger partial charge in [-0.1, -0.05) is 29.3 Å². The maximum atomic E-state index is 12.6. The van der Waals surface area contributed by atoms with E-state index in [4.69, 9.17) is 27.9 Å². The van der Waals surface area contributed by atoms with E-state index in [1.54, 1.807) is 26.0 Å². The van der Waals surface area contributed by atoms with Gasteiger partial charge in [-0.3, -0.25) is 4.79 Å². The van der Waals surface area contributed by atoms with Gasteiger partial charge in [-0.2, -0.15) is 10.5 Å². The zero-order chi connectivity index (χ0) is 20.8. The van der Waals surface area contributed by atoms with Crippen molar-refractivity contribution >= 4 is 52.4 Å². The molecule has 0 spiro atoms. The lowest BCUT2D eigenvalue weighted by atomic mass is 10.0. The second-order valence-electron chi connectivity index (χ2n) is 5.62. The molecule has 0 amide bonds. The Balaban J connectivity index is 2.36. The molecule has 5 nitrogen and oxygen atoms in total. The van der Waals surface area contributed by atoms with Crippen LogP contribution in [0.4, 0.5) is 0 Å². The Labute approximate surface area is 176 Å². The fraction of sp³-hybridized carbons (Fsp3) is 0.200. The Bertz CT molecular complexity index is 1060. The lowest BCUT2D eigenvalue weighted by molar-refractivity contribution is -0.114. The van der Waals surface area contributed by atoms with Crippen molar-refractivity contribution in [3.8, 4) is 12.1 Å². The molecule has 0 aliphatic rings. The summed E-state index contributed by atoms with van der Waals surface area (Å²) in [7, 11) is 0. The van der Waals surface area contributed by atoms with Crippen LogP contribution >= 0.6 is 34.5 Å². The van der Waals surface area contributed by atoms with Gasteiger partial charge in [0.1, 0.15) is 17.0 Å². The summed E-state index contributed by atoms with van der Waals surface area (Å²) in [6, 6.07) is 8.59. The largest absolute Gasteiger partial charge is 0.462 e. The van der Waals surface area contributed by atoms with Crippen molar-refractivity contribution in [3.05, 3.63) is 60.3 Å². The highest BCUT2D eigenvalue weighted by Crippen LogP contribution is 2.30. The molecule has 0 bridgehead atoms. The molecule has 0 atom stereocenters. The first-order valence-electron chi connectivity index (χ1n) is 8.11. The third kappa shape index (κ3) is 4.79. The van der Waals surface area contributed by atoms with Crippen LogP contribution in [0.15, 0.2) is 23.8 Å². The number of ketones is 1. The lowest BCUT2D eigenvalue weighted by Crippen LogP contribution is -2.05. The molecule has 0 saturated carbocycles. The van der Waals surface area contributed by atoms with E-state index in [-0.39, 0.29) is 29.0 Å². The van der Waals surface area contributed by atoms with Gasteiger partial charge in [0.25, 0.3) is 0 Å². The molecule has 1 aromatic carbocycles. The number of halogens is 2. The van der Waals surface area contributed by atoms with Gasteiger partial charge in [0.05, 0.1) is 17.7 Å². The molecule has 0 aliphatic carbocycles. The summed E-state index contributed by atoms with van der Waals surface area (Å²) < 4.78 is 4.98. The normalized spacial score (nSPS) is 10.9. The first kappa shape index (κ1) is 21.7. The van der Waals surface area contributed by atoms with Crippen LogP contribution in [0.1, 0.15) is 38.2 Å². The SMILES string of the molecule is CCOC(=O)c1sc(CC(=O)/C(C#N)=C/c2ccc(Cl)cc2Cl)c(C#N)c1C. The number of hydrogen-bond donors (Lipinski definition) is 0. The molecule has 142 valence electrons. The Kier molecular flexibility index (Phi) is 7.37. The molecule has 28 heavy (non-hydrogen) atoms. The molecule has 0 saturated heterocycles. The summed E-state index contributed by atoms with van der Waals surface area (Å²) >= 11 is 13.0. The number of nitrogens with zero attached hydrogens (tertiary/aromatic N) is 2. The van der Waals surface area contributed by atoms with Gasteiger partial charge in [-0.25, -0.2) is 4.79 Å². The average Bonchev–Trinajstić information content (AvgIpc) is 2.96. The smallest absolute Gasteiger partial charge is 0.348 e. The molecular weight excluding hydrogens is 419 g/mol. The van der Waals surface area contributed by atoms with E-state index in [1.807, 2.05) is 12.1 Å². The topological polar surface area (TPSA) is 90.9 Å². The summed E-state index contributed by atoms with van der Waals surface area (Å²) in [4.78, 5) is 25.4. The molecule has 2 aromatic rings. The molecule has 0 N–H and O–H groups in total. The van der Waals surface area contributed by atoms with Crippen LogP contribution < -0.4 is 0 Å². The molecule has 0 unspecified atom stereocenters. The minimum absolute atomic E-state index is 0.114. The first-order chi connectivity index (χ1) is 13.3. The second kappa shape index (κ2) is 9.52. The molecule has 0 radical (unpaired) electrons. The molecule has 1 heterocycles. The minimum Gasteiger partial charge on any atom is -0.462 e. The molecule has 1 aromatic heterocycles. The van der Waals surface area contributed by atoms with Gasteiger partial charge in [0.15, 0.2) is 5.78 Å². The fourth-order valence-electron chi connectivity index (χ4n) is 2.43. The molecular formula is C20H14Cl2N2O3S. The van der Waals surface area contributed by atoms with E-state index in [2.05, 4.69) is 0 Å². The third-order valence-corrected chi connectivity index (χ3v) is 5.63. The zero-order valence-electron chi connectivity index (χ0n) is 15.0. The number of rotatable bonds is 6. The standard InChI is InChI=1S/C20H14Cl2N2O3S/c1-3-27-20(26)19-11(2)15(10-24)18(28-19)8-17(25)13(9-23)6-12-4-5-14(21)7-16(12)22/h4-7H,3,8H2,1-2H3/b13-6+. The fourth-order valence-corrected chi connectivity index (χ4v) is 4.04. The highest BCUT2D eigenvalue weighted by atomic mass is 35.5. The van der Waals surface area contributed by atoms with Crippen molar-refractivity contribution < 1.29 is 14.3 Å². The lowest BCUT2D eigenvalue weighted by Gasteiger charge is -2.02. The minimum atomic E-state index is -0.538. The Morgan fingerprint density at radius 1 is 1.29 bits per heavy atom. The van der Waals surface area contributed by atoms with Crippen LogP contribution in [0.3, 0.4) is 0 Å². The van der Waals surface area contributed by atoms with E-state index in [1.165, 1.54) is 12.1 Å². The number of ether oxygens (including phenoxy) is 1. The number of esters is 1. The van der Waals surface area contributed by atoms with Crippen LogP contribution in [0.2, 0.25) is 10.0 Å². The van der Waals surface area contributed by atoms with Crippen molar-refractivity contribution in [2.24, 2.45) is 0 Å². The van der Waals surface area contributed by atoms with E-state index >= 15 is 0 Å². The number of carbonyl (C=O) groups is 2. The van der Waals surface area contributed by atoms with Crippen molar-refractivity contribution in [3.63, 3.8) is 0 Å². The maximum absolute atomic E-state index is 12.6. The Hall–Kier alpha value is -2.64. The van der Waals surface area contributed by atoms with E-state index in [0.717, 1.165) is 11.3 Å². The van der Waals surface area contributed by atoms with Crippen molar-refractivity contribution in [1.29, 1.82) is 10.5 Å². The van der Waals surface area contributed by atoms with Crippen molar-refractivity contribution in [2.45, 2.75) is 20.3 Å². The zero-order valence-corrected chi connectivity index (χ0v) is 17.3. The van der Waals surface area contributed by atoms with Gasteiger partial charge in [-0.15, -0.1) is 11.3 Å². The summed E-state index contributed by atoms with van der Waals surface area (Å²) in [5.74, 6) is -1.02.